The summed E-state index contributed by atoms with van der Waals surface area (Å²) in [5, 5.41) is 4.23. The first-order valence-electron chi connectivity index (χ1n) is 5.41. The fraction of sp³-hybridized carbons (Fsp3) is 0. The molecule has 0 radical (unpaired) electrons. The van der Waals surface area contributed by atoms with Crippen LogP contribution in [0.3, 0.4) is 0 Å². The minimum atomic E-state index is 0. The van der Waals surface area contributed by atoms with Gasteiger partial charge in [0.15, 0.2) is 0 Å². The van der Waals surface area contributed by atoms with Crippen LogP contribution >= 0.6 is 141 Å². The standard InChI is InChI=1S/C6Br4S2.C6H2Br2S2.Zn/c7-1-3-4(12-5(1)9)2(8)6(10)11-3;7-3-1-9-6-4(8)2-10-5(3)6;/h;1-2H;. The van der Waals surface area contributed by atoms with Crippen LogP contribution in [0, 0.1) is 0 Å². The first-order valence-corrected chi connectivity index (χ1v) is 13.6. The first kappa shape index (κ1) is 22.1. The largest absolute Gasteiger partial charge is 0.140 e. The zero-order chi connectivity index (χ0) is 16.0. The van der Waals surface area contributed by atoms with E-state index in [0.29, 0.717) is 0 Å². The maximum atomic E-state index is 3.53. The molecule has 0 unspecified atom stereocenters. The Bertz CT molecular complexity index is 887. The Labute approximate surface area is 212 Å². The van der Waals surface area contributed by atoms with Crippen molar-refractivity contribution in [2.75, 3.05) is 0 Å². The fourth-order valence-electron chi connectivity index (χ4n) is 1.59. The van der Waals surface area contributed by atoms with E-state index < -0.39 is 0 Å². The van der Waals surface area contributed by atoms with Crippen molar-refractivity contribution < 1.29 is 19.5 Å². The normalized spacial score (nSPS) is 10.7. The molecule has 4 rings (SSSR count). The van der Waals surface area contributed by atoms with Crippen molar-refractivity contribution in [2.24, 2.45) is 0 Å². The molecule has 0 fully saturated rings. The van der Waals surface area contributed by atoms with Gasteiger partial charge in [-0.25, -0.2) is 0 Å². The monoisotopic (exact) mass is 811 g/mol. The quantitative estimate of drug-likeness (QED) is 0.155. The second-order valence-electron chi connectivity index (χ2n) is 3.86. The summed E-state index contributed by atoms with van der Waals surface area (Å²) in [4.78, 5) is 0. The molecule has 0 aliphatic rings. The molecule has 4 aromatic rings. The number of hydrogen-bond acceptors (Lipinski definition) is 4. The minimum absolute atomic E-state index is 0. The van der Waals surface area contributed by atoms with E-state index >= 15 is 0 Å². The fourth-order valence-corrected chi connectivity index (χ4v) is 10.4. The van der Waals surface area contributed by atoms with Crippen LogP contribution in [0.2, 0.25) is 0 Å². The van der Waals surface area contributed by atoms with Crippen LogP contribution < -0.4 is 0 Å². The predicted octanol–water partition coefficient (Wildman–Crippen LogP) is 10.5. The van der Waals surface area contributed by atoms with E-state index in [2.05, 4.69) is 106 Å². The molecule has 118 valence electrons. The zero-order valence-corrected chi connectivity index (χ0v) is 26.5. The Morgan fingerprint density at radius 1 is 0.565 bits per heavy atom. The molecule has 0 saturated carbocycles. The van der Waals surface area contributed by atoms with E-state index in [9.17, 15) is 0 Å². The van der Waals surface area contributed by atoms with Gasteiger partial charge in [0.1, 0.15) is 0 Å². The number of hydrogen-bond donors (Lipinski definition) is 0. The Morgan fingerprint density at radius 2 is 0.913 bits per heavy atom. The van der Waals surface area contributed by atoms with Gasteiger partial charge in [-0.1, -0.05) is 0 Å². The number of rotatable bonds is 0. The van der Waals surface area contributed by atoms with Gasteiger partial charge in [0.2, 0.25) is 0 Å². The summed E-state index contributed by atoms with van der Waals surface area (Å²) in [6, 6.07) is 0. The van der Waals surface area contributed by atoms with E-state index in [-0.39, 0.29) is 19.5 Å². The molecule has 4 heterocycles. The molecular formula is C12H2Br6S4Zn. The Kier molecular flexibility index (Phi) is 8.99. The van der Waals surface area contributed by atoms with Gasteiger partial charge >= 0.3 is 0 Å². The van der Waals surface area contributed by atoms with Gasteiger partial charge < -0.3 is 0 Å². The third-order valence-electron chi connectivity index (χ3n) is 2.53. The molecule has 0 bridgehead atoms. The molecule has 0 aliphatic carbocycles. The Hall–Kier alpha value is 2.82. The number of thiophene rings is 4. The van der Waals surface area contributed by atoms with E-state index in [1.54, 1.807) is 45.3 Å². The summed E-state index contributed by atoms with van der Waals surface area (Å²) in [6.45, 7) is 0. The van der Waals surface area contributed by atoms with E-state index in [0.717, 1.165) is 16.5 Å². The van der Waals surface area contributed by atoms with Gasteiger partial charge in [-0.15, -0.1) is 45.3 Å². The van der Waals surface area contributed by atoms with E-state index in [1.807, 2.05) is 0 Å². The topological polar surface area (TPSA) is 0 Å². The van der Waals surface area contributed by atoms with Crippen LogP contribution in [-0.4, -0.2) is 0 Å². The second-order valence-corrected chi connectivity index (χ2v) is 13.6. The van der Waals surface area contributed by atoms with Crippen molar-refractivity contribution in [1.82, 2.24) is 0 Å². The third-order valence-corrected chi connectivity index (χ3v) is 14.7. The van der Waals surface area contributed by atoms with Crippen molar-refractivity contribution in [3.8, 4) is 0 Å². The maximum absolute atomic E-state index is 3.53. The molecule has 0 atom stereocenters. The van der Waals surface area contributed by atoms with E-state index in [1.165, 1.54) is 27.7 Å². The van der Waals surface area contributed by atoms with Gasteiger partial charge in [-0.3, -0.25) is 0 Å². The number of halogens is 6. The molecular weight excluding hydrogens is 817 g/mol. The molecule has 23 heavy (non-hydrogen) atoms. The average Bonchev–Trinajstić information content (AvgIpc) is 3.18. The third kappa shape index (κ3) is 4.63. The summed E-state index contributed by atoms with van der Waals surface area (Å²) >= 11 is 28.0. The van der Waals surface area contributed by atoms with Gasteiger partial charge in [-0.05, 0) is 95.6 Å². The molecule has 11 heteroatoms. The second kappa shape index (κ2) is 9.35. The molecule has 0 aliphatic heterocycles. The van der Waals surface area contributed by atoms with Crippen LogP contribution in [0.25, 0.3) is 18.8 Å². The van der Waals surface area contributed by atoms with Gasteiger partial charge in [-0.2, -0.15) is 0 Å². The minimum Gasteiger partial charge on any atom is -0.140 e. The summed E-state index contributed by atoms with van der Waals surface area (Å²) in [7, 11) is 0. The van der Waals surface area contributed by atoms with Crippen molar-refractivity contribution >= 4 is 160 Å². The maximum Gasteiger partial charge on any atom is 0.0862 e. The van der Waals surface area contributed by atoms with Gasteiger partial charge in [0, 0.05) is 39.2 Å². The molecule has 0 nitrogen and oxygen atoms in total. The smallest absolute Gasteiger partial charge is 0.0862 e. The van der Waals surface area contributed by atoms with Crippen molar-refractivity contribution in [3.63, 3.8) is 0 Å². The molecule has 0 saturated heterocycles. The molecule has 0 aromatic carbocycles. The van der Waals surface area contributed by atoms with Crippen LogP contribution in [0.5, 0.6) is 0 Å². The van der Waals surface area contributed by atoms with Gasteiger partial charge in [0.25, 0.3) is 0 Å². The van der Waals surface area contributed by atoms with E-state index in [4.69, 9.17) is 0 Å². The molecule has 0 N–H and O–H groups in total. The predicted molar refractivity (Wildman–Crippen MR) is 126 cm³/mol. The summed E-state index contributed by atoms with van der Waals surface area (Å²) in [5.41, 5.74) is 0. The van der Waals surface area contributed by atoms with Crippen LogP contribution in [0.15, 0.2) is 36.2 Å². The van der Waals surface area contributed by atoms with Crippen LogP contribution in [0.1, 0.15) is 0 Å². The Morgan fingerprint density at radius 3 is 1.26 bits per heavy atom. The summed E-state index contributed by atoms with van der Waals surface area (Å²) < 4.78 is 12.3. The van der Waals surface area contributed by atoms with Crippen molar-refractivity contribution in [3.05, 3.63) is 36.2 Å². The first-order chi connectivity index (χ1) is 10.4. The molecule has 0 spiro atoms. The Balaban J connectivity index is 0.000000162. The van der Waals surface area contributed by atoms with Gasteiger partial charge in [0.05, 0.1) is 35.3 Å². The average molecular weight is 819 g/mol. The van der Waals surface area contributed by atoms with Crippen LogP contribution in [-0.2, 0) is 19.5 Å². The zero-order valence-electron chi connectivity index (χ0n) is 10.8. The van der Waals surface area contributed by atoms with Crippen molar-refractivity contribution in [1.29, 1.82) is 0 Å². The molecule has 4 aromatic heterocycles. The molecule has 0 amide bonds. The number of fused-ring (bicyclic) bond motifs is 2. The summed E-state index contributed by atoms with van der Waals surface area (Å²) in [5.74, 6) is 0. The SMILES string of the molecule is Brc1csc2c(Br)csc12.Brc1sc2c(Br)c(Br)sc2c1Br.[Zn]. The summed E-state index contributed by atoms with van der Waals surface area (Å²) in [6.07, 6.45) is 0. The van der Waals surface area contributed by atoms with Crippen LogP contribution in [0.4, 0.5) is 0 Å². The van der Waals surface area contributed by atoms with Crippen molar-refractivity contribution in [2.45, 2.75) is 0 Å².